The summed E-state index contributed by atoms with van der Waals surface area (Å²) in [5, 5.41) is 15.9. The molecule has 1 aliphatic carbocycles. The van der Waals surface area contributed by atoms with Gasteiger partial charge < -0.3 is 10.4 Å². The van der Waals surface area contributed by atoms with E-state index in [1.807, 2.05) is 54.6 Å². The second-order valence-corrected chi connectivity index (χ2v) is 9.30. The van der Waals surface area contributed by atoms with E-state index < -0.39 is 17.3 Å². The molecule has 0 unspecified atom stereocenters. The van der Waals surface area contributed by atoms with Crippen LogP contribution >= 0.6 is 11.3 Å². The zero-order chi connectivity index (χ0) is 22.7. The van der Waals surface area contributed by atoms with Gasteiger partial charge in [0.05, 0.1) is 10.4 Å². The number of hydrogen-bond donors (Lipinski definition) is 3. The summed E-state index contributed by atoms with van der Waals surface area (Å²) in [7, 11) is 0. The number of nitrogens with one attached hydrogen (secondary N) is 2. The third-order valence-corrected chi connectivity index (χ3v) is 7.14. The van der Waals surface area contributed by atoms with Gasteiger partial charge in [0, 0.05) is 22.0 Å². The first kappa shape index (κ1) is 21.8. The lowest BCUT2D eigenvalue weighted by molar-refractivity contribution is -0.149. The zero-order valence-electron chi connectivity index (χ0n) is 17.6. The third kappa shape index (κ3) is 4.43. The molecule has 1 saturated carbocycles. The van der Waals surface area contributed by atoms with Crippen LogP contribution in [0.15, 0.2) is 66.7 Å². The summed E-state index contributed by atoms with van der Waals surface area (Å²) >= 11 is 1.43. The molecule has 2 amide bonds. The van der Waals surface area contributed by atoms with E-state index in [1.165, 1.54) is 11.3 Å². The molecule has 164 valence electrons. The molecule has 0 spiro atoms. The lowest BCUT2D eigenvalue weighted by Crippen LogP contribution is -2.36. The number of Topliss-reactive ketones (excluding diaryl/α,β-unsaturated/α-hetero) is 1. The molecule has 1 aromatic heterocycles. The maximum Gasteiger partial charge on any atom is 0.324 e. The molecular formula is C25H24N2O4S. The number of carboxylic acid groups (broad SMARTS) is 1. The number of rotatable bonds is 6. The van der Waals surface area contributed by atoms with Crippen molar-refractivity contribution in [1.82, 2.24) is 0 Å². The molecule has 0 bridgehead atoms. The van der Waals surface area contributed by atoms with Gasteiger partial charge in [0.15, 0.2) is 5.78 Å². The number of hydrogen-bond acceptors (Lipinski definition) is 4. The number of carbonyl (C=O) groups excluding carboxylic acids is 2. The first-order valence-corrected chi connectivity index (χ1v) is 11.3. The summed E-state index contributed by atoms with van der Waals surface area (Å²) in [4.78, 5) is 37.8. The minimum atomic E-state index is -0.996. The maximum absolute atomic E-state index is 13.0. The first-order chi connectivity index (χ1) is 15.4. The van der Waals surface area contributed by atoms with Crippen LogP contribution in [0.1, 0.15) is 36.5 Å². The van der Waals surface area contributed by atoms with Gasteiger partial charge >= 0.3 is 12.0 Å². The van der Waals surface area contributed by atoms with Crippen LogP contribution in [0.4, 0.5) is 15.5 Å². The number of benzene rings is 2. The van der Waals surface area contributed by atoms with E-state index >= 15 is 0 Å². The van der Waals surface area contributed by atoms with Crippen LogP contribution < -0.4 is 10.6 Å². The molecule has 4 rings (SSSR count). The van der Waals surface area contributed by atoms with Gasteiger partial charge in [0.2, 0.25) is 0 Å². The molecule has 3 aromatic rings. The summed E-state index contributed by atoms with van der Waals surface area (Å²) in [5.41, 5.74) is 1.17. The van der Waals surface area contributed by atoms with Crippen LogP contribution in [-0.4, -0.2) is 22.9 Å². The number of para-hydroxylation sites is 1. The van der Waals surface area contributed by atoms with Crippen LogP contribution in [0, 0.1) is 11.3 Å². The number of carbonyl (C=O) groups is 3. The first-order valence-electron chi connectivity index (χ1n) is 10.5. The van der Waals surface area contributed by atoms with Gasteiger partial charge in [-0.05, 0) is 49.6 Å². The molecule has 2 atom stereocenters. The largest absolute Gasteiger partial charge is 0.481 e. The van der Waals surface area contributed by atoms with E-state index in [1.54, 1.807) is 19.1 Å². The smallest absolute Gasteiger partial charge is 0.324 e. The molecule has 2 aromatic carbocycles. The lowest BCUT2D eigenvalue weighted by atomic mass is 9.76. The molecule has 1 heterocycles. The van der Waals surface area contributed by atoms with E-state index in [9.17, 15) is 19.5 Å². The molecule has 1 fully saturated rings. The average Bonchev–Trinajstić information content (AvgIpc) is 3.41. The average molecular weight is 449 g/mol. The highest BCUT2D eigenvalue weighted by molar-refractivity contribution is 7.19. The minimum absolute atomic E-state index is 0.106. The normalized spacial score (nSPS) is 20.0. The van der Waals surface area contributed by atoms with E-state index in [2.05, 4.69) is 10.6 Å². The highest BCUT2D eigenvalue weighted by atomic mass is 32.1. The monoisotopic (exact) mass is 448 g/mol. The number of anilines is 2. The van der Waals surface area contributed by atoms with E-state index in [0.29, 0.717) is 29.1 Å². The van der Waals surface area contributed by atoms with Gasteiger partial charge in [0.1, 0.15) is 0 Å². The van der Waals surface area contributed by atoms with Crippen LogP contribution in [0.3, 0.4) is 0 Å². The van der Waals surface area contributed by atoms with Crippen molar-refractivity contribution in [2.75, 3.05) is 10.6 Å². The summed E-state index contributed by atoms with van der Waals surface area (Å²) < 4.78 is 0. The predicted octanol–water partition coefficient (Wildman–Crippen LogP) is 6.13. The maximum atomic E-state index is 13.0. The quantitative estimate of drug-likeness (QED) is 0.395. The van der Waals surface area contributed by atoms with Gasteiger partial charge in [-0.2, -0.15) is 0 Å². The SMILES string of the molecule is C[C@@]1(C(=O)O)CCC[C@H]1C(=O)c1ccc(-c2ccc(NC(=O)Nc3ccccc3)s2)cc1. The highest BCUT2D eigenvalue weighted by Gasteiger charge is 2.48. The minimum Gasteiger partial charge on any atom is -0.481 e. The van der Waals surface area contributed by atoms with Crippen molar-refractivity contribution >= 4 is 39.8 Å². The number of thiophene rings is 1. The fourth-order valence-electron chi connectivity index (χ4n) is 4.20. The lowest BCUT2D eigenvalue weighted by Gasteiger charge is -2.25. The fourth-order valence-corrected chi connectivity index (χ4v) is 5.11. The van der Waals surface area contributed by atoms with E-state index in [-0.39, 0.29) is 11.8 Å². The Morgan fingerprint density at radius 1 is 0.969 bits per heavy atom. The number of amides is 2. The Morgan fingerprint density at radius 3 is 2.38 bits per heavy atom. The van der Waals surface area contributed by atoms with Gasteiger partial charge in [-0.25, -0.2) is 4.79 Å². The van der Waals surface area contributed by atoms with E-state index in [0.717, 1.165) is 16.9 Å². The van der Waals surface area contributed by atoms with Gasteiger partial charge in [-0.1, -0.05) is 48.9 Å². The van der Waals surface area contributed by atoms with Crippen molar-refractivity contribution in [3.63, 3.8) is 0 Å². The molecule has 0 radical (unpaired) electrons. The molecule has 0 aliphatic heterocycles. The van der Waals surface area contributed by atoms with Crippen molar-refractivity contribution < 1.29 is 19.5 Å². The fraction of sp³-hybridized carbons (Fsp3) is 0.240. The molecule has 6 nitrogen and oxygen atoms in total. The van der Waals surface area contributed by atoms with Crippen molar-refractivity contribution in [1.29, 1.82) is 0 Å². The summed E-state index contributed by atoms with van der Waals surface area (Å²) in [6.07, 6.45) is 1.88. The summed E-state index contributed by atoms with van der Waals surface area (Å²) in [5.74, 6) is -1.50. The second-order valence-electron chi connectivity index (χ2n) is 8.22. The molecule has 0 saturated heterocycles. The summed E-state index contributed by atoms with van der Waals surface area (Å²) in [6.45, 7) is 1.67. The number of carboxylic acids is 1. The number of ketones is 1. The molecule has 1 aliphatic rings. The number of aliphatic carboxylic acids is 1. The van der Waals surface area contributed by atoms with E-state index in [4.69, 9.17) is 0 Å². The number of urea groups is 1. The van der Waals surface area contributed by atoms with Gasteiger partial charge in [-0.3, -0.25) is 14.9 Å². The molecule has 7 heteroatoms. The van der Waals surface area contributed by atoms with Crippen molar-refractivity contribution in [3.8, 4) is 10.4 Å². The zero-order valence-corrected chi connectivity index (χ0v) is 18.4. The highest BCUT2D eigenvalue weighted by Crippen LogP contribution is 2.45. The standard InChI is InChI=1S/C25H24N2O4S/c1-25(23(29)30)15-5-8-19(25)22(28)17-11-9-16(10-12-17)20-13-14-21(32-20)27-24(31)26-18-6-3-2-4-7-18/h2-4,6-7,9-14,19H,5,8,15H2,1H3,(H,29,30)(H2,26,27,31)/t19-,25+/m0/s1. The Balaban J connectivity index is 1.42. The Hall–Kier alpha value is -3.45. The Kier molecular flexibility index (Phi) is 6.10. The third-order valence-electron chi connectivity index (χ3n) is 6.09. The Labute approximate surface area is 190 Å². The van der Waals surface area contributed by atoms with Crippen LogP contribution in [0.2, 0.25) is 0 Å². The van der Waals surface area contributed by atoms with Gasteiger partial charge in [-0.15, -0.1) is 11.3 Å². The molecular weight excluding hydrogens is 424 g/mol. The van der Waals surface area contributed by atoms with Crippen LogP contribution in [-0.2, 0) is 4.79 Å². The van der Waals surface area contributed by atoms with Crippen molar-refractivity contribution in [2.24, 2.45) is 11.3 Å². The topological polar surface area (TPSA) is 95.5 Å². The molecule has 3 N–H and O–H groups in total. The van der Waals surface area contributed by atoms with Crippen LogP contribution in [0.5, 0.6) is 0 Å². The Bertz CT molecular complexity index is 1140. The van der Waals surface area contributed by atoms with Crippen molar-refractivity contribution in [3.05, 3.63) is 72.3 Å². The second kappa shape index (κ2) is 8.96. The van der Waals surface area contributed by atoms with Crippen LogP contribution in [0.25, 0.3) is 10.4 Å². The predicted molar refractivity (Wildman–Crippen MR) is 126 cm³/mol. The van der Waals surface area contributed by atoms with Gasteiger partial charge in [0.25, 0.3) is 0 Å². The Morgan fingerprint density at radius 2 is 1.69 bits per heavy atom. The molecule has 32 heavy (non-hydrogen) atoms. The van der Waals surface area contributed by atoms with Crippen molar-refractivity contribution in [2.45, 2.75) is 26.2 Å². The summed E-state index contributed by atoms with van der Waals surface area (Å²) in [6, 6.07) is 19.9.